The van der Waals surface area contributed by atoms with Gasteiger partial charge < -0.3 is 20.2 Å². The number of aliphatic hydroxyl groups is 1. The van der Waals surface area contributed by atoms with Crippen LogP contribution < -0.4 is 5.32 Å². The number of rotatable bonds is 11. The summed E-state index contributed by atoms with van der Waals surface area (Å²) in [6.07, 6.45) is 4.41. The normalized spacial score (nSPS) is 16.7. The van der Waals surface area contributed by atoms with Crippen LogP contribution in [0.25, 0.3) is 0 Å². The van der Waals surface area contributed by atoms with Crippen molar-refractivity contribution in [1.29, 1.82) is 0 Å². The quantitative estimate of drug-likeness (QED) is 0.163. The molecule has 2 aliphatic heterocycles. The number of halogens is 3. The summed E-state index contributed by atoms with van der Waals surface area (Å²) in [5.74, 6) is -0.121. The number of hydrogen-bond donors (Lipinski definition) is 2. The average Bonchev–Trinajstić information content (AvgIpc) is 3.15. The molecule has 9 heteroatoms. The van der Waals surface area contributed by atoms with Crippen molar-refractivity contribution >= 4 is 47.4 Å². The van der Waals surface area contributed by atoms with Crippen LogP contribution in [0.3, 0.4) is 0 Å². The van der Waals surface area contributed by atoms with Crippen LogP contribution in [0.4, 0.5) is 0 Å². The Hall–Kier alpha value is -3.39. The number of nitrogens with zero attached hydrogens (tertiary/aromatic N) is 2. The van der Waals surface area contributed by atoms with E-state index in [1.54, 1.807) is 24.3 Å². The molecule has 0 bridgehead atoms. The van der Waals surface area contributed by atoms with E-state index in [0.717, 1.165) is 38.0 Å². The molecule has 2 amide bonds. The molecule has 4 aromatic carbocycles. The third-order valence-corrected chi connectivity index (χ3v) is 11.1. The highest BCUT2D eigenvalue weighted by Gasteiger charge is 2.37. The molecule has 2 N–H and O–H groups in total. The maximum atomic E-state index is 13.7. The number of hydrogen-bond acceptors (Lipinski definition) is 4. The van der Waals surface area contributed by atoms with E-state index in [9.17, 15) is 14.7 Å². The molecule has 0 aromatic heterocycles. The summed E-state index contributed by atoms with van der Waals surface area (Å²) in [6, 6.07) is 35.6. The van der Waals surface area contributed by atoms with Crippen molar-refractivity contribution in [2.24, 2.45) is 5.92 Å². The van der Waals surface area contributed by atoms with Gasteiger partial charge >= 0.3 is 0 Å². The zero-order chi connectivity index (χ0) is 34.3. The van der Waals surface area contributed by atoms with E-state index in [4.69, 9.17) is 23.2 Å². The number of likely N-dealkylation sites (tertiary alicyclic amines) is 2. The lowest BCUT2D eigenvalue weighted by atomic mass is 9.71. The van der Waals surface area contributed by atoms with Gasteiger partial charge in [-0.25, -0.2) is 0 Å². The first-order valence-corrected chi connectivity index (χ1v) is 18.2. The molecule has 264 valence electrons. The van der Waals surface area contributed by atoms with Crippen molar-refractivity contribution in [2.45, 2.75) is 49.5 Å². The zero-order valence-electron chi connectivity index (χ0n) is 28.3. The predicted octanol–water partition coefficient (Wildman–Crippen LogP) is 8.13. The molecule has 0 atom stereocenters. The van der Waals surface area contributed by atoms with Crippen LogP contribution in [0.5, 0.6) is 0 Å². The van der Waals surface area contributed by atoms with Crippen molar-refractivity contribution in [3.63, 3.8) is 0 Å². The van der Waals surface area contributed by atoms with Crippen molar-refractivity contribution in [2.75, 3.05) is 39.3 Å². The van der Waals surface area contributed by atoms with Gasteiger partial charge in [0.15, 0.2) is 0 Å². The molecule has 2 heterocycles. The topological polar surface area (TPSA) is 72.9 Å². The van der Waals surface area contributed by atoms with Crippen LogP contribution in [-0.2, 0) is 15.8 Å². The second kappa shape index (κ2) is 17.2. The highest BCUT2D eigenvalue weighted by Crippen LogP contribution is 2.38. The van der Waals surface area contributed by atoms with Gasteiger partial charge in [0.1, 0.15) is 0 Å². The average molecular weight is 735 g/mol. The molecular formula is C41H46Cl3N3O3. The smallest absolute Gasteiger partial charge is 0.253 e. The molecule has 6 rings (SSSR count). The molecule has 2 aliphatic rings. The first-order chi connectivity index (χ1) is 23.8. The third-order valence-electron chi connectivity index (χ3n) is 10.6. The Balaban J connectivity index is 0.00000486. The van der Waals surface area contributed by atoms with E-state index in [0.29, 0.717) is 60.9 Å². The monoisotopic (exact) mass is 733 g/mol. The van der Waals surface area contributed by atoms with Gasteiger partial charge in [-0.3, -0.25) is 9.59 Å². The summed E-state index contributed by atoms with van der Waals surface area (Å²) >= 11 is 12.1. The van der Waals surface area contributed by atoms with Crippen molar-refractivity contribution < 1.29 is 14.7 Å². The van der Waals surface area contributed by atoms with Crippen LogP contribution in [0, 0.1) is 5.92 Å². The van der Waals surface area contributed by atoms with E-state index >= 15 is 0 Å². The van der Waals surface area contributed by atoms with Gasteiger partial charge in [-0.15, -0.1) is 12.4 Å². The molecule has 0 spiro atoms. The van der Waals surface area contributed by atoms with Gasteiger partial charge in [-0.05, 0) is 98.2 Å². The lowest BCUT2D eigenvalue weighted by molar-refractivity contribution is -0.126. The highest BCUT2D eigenvalue weighted by molar-refractivity contribution is 6.30. The summed E-state index contributed by atoms with van der Waals surface area (Å²) in [4.78, 5) is 31.1. The van der Waals surface area contributed by atoms with Crippen molar-refractivity contribution in [3.8, 4) is 0 Å². The van der Waals surface area contributed by atoms with Gasteiger partial charge in [0.2, 0.25) is 5.91 Å². The maximum Gasteiger partial charge on any atom is 0.253 e. The lowest BCUT2D eigenvalue weighted by Crippen LogP contribution is -2.47. The minimum atomic E-state index is -0.831. The number of amides is 2. The Morgan fingerprint density at radius 1 is 0.760 bits per heavy atom. The van der Waals surface area contributed by atoms with Gasteiger partial charge in [0.25, 0.3) is 5.91 Å². The van der Waals surface area contributed by atoms with Crippen LogP contribution in [0.1, 0.15) is 65.6 Å². The number of carbonyl (C=O) groups excluding carboxylic acids is 2. The fraction of sp³-hybridized carbons (Fsp3) is 0.366. The third kappa shape index (κ3) is 8.90. The fourth-order valence-electron chi connectivity index (χ4n) is 7.56. The van der Waals surface area contributed by atoms with Crippen molar-refractivity contribution in [3.05, 3.63) is 141 Å². The molecular weight excluding hydrogens is 689 g/mol. The molecule has 6 nitrogen and oxygen atoms in total. The fourth-order valence-corrected chi connectivity index (χ4v) is 7.82. The van der Waals surface area contributed by atoms with Crippen LogP contribution >= 0.6 is 35.6 Å². The molecule has 0 aliphatic carbocycles. The Morgan fingerprint density at radius 3 is 1.82 bits per heavy atom. The first kappa shape index (κ1) is 37.9. The molecule has 0 radical (unpaired) electrons. The number of piperidine rings is 2. The summed E-state index contributed by atoms with van der Waals surface area (Å²) in [5, 5.41) is 16.1. The highest BCUT2D eigenvalue weighted by atomic mass is 35.5. The van der Waals surface area contributed by atoms with Crippen LogP contribution in [0.2, 0.25) is 10.0 Å². The lowest BCUT2D eigenvalue weighted by Gasteiger charge is -2.40. The summed E-state index contributed by atoms with van der Waals surface area (Å²) in [7, 11) is 0. The Bertz CT molecular complexity index is 1630. The van der Waals surface area contributed by atoms with E-state index in [1.165, 1.54) is 11.1 Å². The second-order valence-electron chi connectivity index (χ2n) is 13.6. The van der Waals surface area contributed by atoms with E-state index in [-0.39, 0.29) is 30.1 Å². The number of nitrogens with one attached hydrogen (secondary N) is 1. The van der Waals surface area contributed by atoms with E-state index < -0.39 is 11.0 Å². The summed E-state index contributed by atoms with van der Waals surface area (Å²) in [6.45, 7) is 4.12. The molecule has 2 saturated heterocycles. The minimum Gasteiger partial charge on any atom is -0.385 e. The predicted molar refractivity (Wildman–Crippen MR) is 204 cm³/mol. The standard InChI is InChI=1S/C41H45Cl2N3O3.ClH/c42-36-16-12-32(13-17-36)39(48)46-26-20-31(21-27-46)38(47)44-30-40(33-8-3-1-4-9-33,34-10-5-2-6-11-34)22-7-25-45-28-23-41(49,24-29-45)35-14-18-37(43)19-15-35;/h1-6,8-19,31,49H,7,20-30H2,(H,44,47);1H. The minimum absolute atomic E-state index is 0. The van der Waals surface area contributed by atoms with Crippen LogP contribution in [0.15, 0.2) is 109 Å². The molecule has 2 fully saturated rings. The SMILES string of the molecule is Cl.O=C(NCC(CCCN1CCC(O)(c2ccc(Cl)cc2)CC1)(c1ccccc1)c1ccccc1)C1CCN(C(=O)c2ccc(Cl)cc2)CC1. The van der Waals surface area contributed by atoms with Gasteiger partial charge in [0.05, 0.1) is 5.60 Å². The maximum absolute atomic E-state index is 13.7. The molecule has 0 saturated carbocycles. The molecule has 4 aromatic rings. The Kier molecular flexibility index (Phi) is 13.0. The van der Waals surface area contributed by atoms with Crippen LogP contribution in [-0.4, -0.2) is 66.0 Å². The first-order valence-electron chi connectivity index (χ1n) is 17.4. The molecule has 50 heavy (non-hydrogen) atoms. The Morgan fingerprint density at radius 2 is 1.28 bits per heavy atom. The number of carbonyl (C=O) groups is 2. The van der Waals surface area contributed by atoms with Gasteiger partial charge in [-0.2, -0.15) is 0 Å². The summed E-state index contributed by atoms with van der Waals surface area (Å²) in [5.41, 5.74) is 2.66. The number of benzene rings is 4. The largest absolute Gasteiger partial charge is 0.385 e. The second-order valence-corrected chi connectivity index (χ2v) is 14.5. The Labute approximate surface area is 312 Å². The van der Waals surface area contributed by atoms with E-state index in [1.807, 2.05) is 41.3 Å². The van der Waals surface area contributed by atoms with Gasteiger partial charge in [0, 0.05) is 59.7 Å². The van der Waals surface area contributed by atoms with Gasteiger partial charge in [-0.1, -0.05) is 96.0 Å². The van der Waals surface area contributed by atoms with Crippen molar-refractivity contribution in [1.82, 2.24) is 15.1 Å². The summed E-state index contributed by atoms with van der Waals surface area (Å²) < 4.78 is 0. The van der Waals surface area contributed by atoms with E-state index in [2.05, 4.69) is 58.7 Å². The zero-order valence-corrected chi connectivity index (χ0v) is 30.6. The molecule has 0 unspecified atom stereocenters.